The number of hydrogen-bond donors (Lipinski definition) is 3. The minimum Gasteiger partial charge on any atom is -0.390 e. The first-order valence-electron chi connectivity index (χ1n) is 10.7. The van der Waals surface area contributed by atoms with Crippen molar-refractivity contribution in [3.8, 4) is 0 Å². The molecule has 0 spiro atoms. The Hall–Kier alpha value is -3.37. The average molecular weight is 467 g/mol. The first-order chi connectivity index (χ1) is 16.1. The Kier molecular flexibility index (Phi) is 6.01. The SMILES string of the molecule is O=C(NCc1ncccn1)c1cnc(N2CC3CC3C2)nc1NCc1cnc(CO)c(Cl)c1. The lowest BCUT2D eigenvalue weighted by Crippen LogP contribution is -2.28. The molecule has 2 aliphatic rings. The maximum Gasteiger partial charge on any atom is 0.256 e. The normalized spacial score (nSPS) is 18.7. The fraction of sp³-hybridized carbons (Fsp3) is 0.364. The molecule has 1 amide bonds. The van der Waals surface area contributed by atoms with Crippen LogP contribution in [-0.4, -0.2) is 49.0 Å². The van der Waals surface area contributed by atoms with Crippen molar-refractivity contribution in [1.82, 2.24) is 30.2 Å². The minimum atomic E-state index is -0.326. The van der Waals surface area contributed by atoms with Crippen molar-refractivity contribution in [3.63, 3.8) is 0 Å². The molecule has 0 bridgehead atoms. The third-order valence-corrected chi connectivity index (χ3v) is 6.22. The van der Waals surface area contributed by atoms with E-state index in [0.717, 1.165) is 30.5 Å². The lowest BCUT2D eigenvalue weighted by Gasteiger charge is -2.20. The Morgan fingerprint density at radius 3 is 2.64 bits per heavy atom. The molecule has 10 nitrogen and oxygen atoms in total. The van der Waals surface area contributed by atoms with E-state index in [0.29, 0.717) is 40.4 Å². The van der Waals surface area contributed by atoms with E-state index in [1.807, 2.05) is 0 Å². The molecular weight excluding hydrogens is 444 g/mol. The quantitative estimate of drug-likeness (QED) is 0.455. The Morgan fingerprint density at radius 1 is 1.12 bits per heavy atom. The number of aliphatic hydroxyl groups is 1. The number of amides is 1. The summed E-state index contributed by atoms with van der Waals surface area (Å²) < 4.78 is 0. The second kappa shape index (κ2) is 9.24. The molecule has 2 unspecified atom stereocenters. The highest BCUT2D eigenvalue weighted by Crippen LogP contribution is 2.45. The summed E-state index contributed by atoms with van der Waals surface area (Å²) in [5.41, 5.74) is 1.54. The molecule has 3 N–H and O–H groups in total. The zero-order chi connectivity index (χ0) is 22.8. The second-order valence-electron chi connectivity index (χ2n) is 8.22. The molecule has 33 heavy (non-hydrogen) atoms. The van der Waals surface area contributed by atoms with Gasteiger partial charge in [0.15, 0.2) is 0 Å². The summed E-state index contributed by atoms with van der Waals surface area (Å²) in [6.07, 6.45) is 7.71. The smallest absolute Gasteiger partial charge is 0.256 e. The molecule has 3 aromatic heterocycles. The molecule has 11 heteroatoms. The fourth-order valence-electron chi connectivity index (χ4n) is 3.97. The van der Waals surface area contributed by atoms with Gasteiger partial charge in [-0.15, -0.1) is 0 Å². The number of anilines is 2. The molecule has 1 saturated heterocycles. The first kappa shape index (κ1) is 21.5. The highest BCUT2D eigenvalue weighted by Gasteiger charge is 2.45. The maximum absolute atomic E-state index is 12.9. The molecule has 0 radical (unpaired) electrons. The van der Waals surface area contributed by atoms with Gasteiger partial charge >= 0.3 is 0 Å². The van der Waals surface area contributed by atoms with Gasteiger partial charge in [0, 0.05) is 44.4 Å². The number of rotatable bonds is 8. The summed E-state index contributed by atoms with van der Waals surface area (Å²) in [5.74, 6) is 2.69. The third kappa shape index (κ3) is 4.86. The summed E-state index contributed by atoms with van der Waals surface area (Å²) in [6.45, 7) is 2.21. The number of piperidine rings is 1. The van der Waals surface area contributed by atoms with Crippen LogP contribution in [0.25, 0.3) is 0 Å². The van der Waals surface area contributed by atoms with E-state index in [2.05, 4.69) is 40.5 Å². The van der Waals surface area contributed by atoms with Crippen LogP contribution in [0.5, 0.6) is 0 Å². The summed E-state index contributed by atoms with van der Waals surface area (Å²) >= 11 is 6.16. The van der Waals surface area contributed by atoms with Gasteiger partial charge in [-0.1, -0.05) is 11.6 Å². The molecule has 5 rings (SSSR count). The Bertz CT molecular complexity index is 1150. The standard InChI is InChI=1S/C22H23ClN8O2/c23-17-4-13(6-26-18(17)12-32)7-27-20-16(21(33)28-9-19-24-2-1-3-25-19)8-29-22(30-20)31-10-14-5-15(14)11-31/h1-4,6,8,14-15,32H,5,7,9-12H2,(H,28,33)(H,27,29,30). The molecule has 2 atom stereocenters. The van der Waals surface area contributed by atoms with E-state index >= 15 is 0 Å². The zero-order valence-electron chi connectivity index (χ0n) is 17.8. The number of aromatic nitrogens is 5. The molecule has 1 aliphatic carbocycles. The van der Waals surface area contributed by atoms with Crippen molar-refractivity contribution in [2.75, 3.05) is 23.3 Å². The zero-order valence-corrected chi connectivity index (χ0v) is 18.5. The van der Waals surface area contributed by atoms with Crippen LogP contribution in [-0.2, 0) is 19.7 Å². The van der Waals surface area contributed by atoms with Crippen LogP contribution < -0.4 is 15.5 Å². The number of halogens is 1. The van der Waals surface area contributed by atoms with Crippen molar-refractivity contribution in [2.24, 2.45) is 11.8 Å². The molecule has 4 heterocycles. The van der Waals surface area contributed by atoms with Gasteiger partial charge in [0.2, 0.25) is 5.95 Å². The highest BCUT2D eigenvalue weighted by atomic mass is 35.5. The number of pyridine rings is 1. The molecule has 0 aromatic carbocycles. The van der Waals surface area contributed by atoms with E-state index in [9.17, 15) is 9.90 Å². The van der Waals surface area contributed by atoms with Crippen molar-refractivity contribution >= 4 is 29.3 Å². The van der Waals surface area contributed by atoms with Gasteiger partial charge in [0.25, 0.3) is 5.91 Å². The summed E-state index contributed by atoms with van der Waals surface area (Å²) in [6, 6.07) is 3.45. The van der Waals surface area contributed by atoms with Gasteiger partial charge in [-0.3, -0.25) is 9.78 Å². The minimum absolute atomic E-state index is 0.193. The lowest BCUT2D eigenvalue weighted by molar-refractivity contribution is 0.0950. The van der Waals surface area contributed by atoms with E-state index in [4.69, 9.17) is 11.6 Å². The number of nitrogens with one attached hydrogen (secondary N) is 2. The molecule has 1 aliphatic heterocycles. The molecule has 3 aromatic rings. The topological polar surface area (TPSA) is 129 Å². The monoisotopic (exact) mass is 466 g/mol. The van der Waals surface area contributed by atoms with Gasteiger partial charge in [0.1, 0.15) is 17.2 Å². The van der Waals surface area contributed by atoms with Crippen LogP contribution in [0.3, 0.4) is 0 Å². The van der Waals surface area contributed by atoms with E-state index in [1.165, 1.54) is 6.42 Å². The molecule has 170 valence electrons. The van der Waals surface area contributed by atoms with Crippen LogP contribution >= 0.6 is 11.6 Å². The second-order valence-corrected chi connectivity index (χ2v) is 8.63. The van der Waals surface area contributed by atoms with Crippen molar-refractivity contribution in [2.45, 2.75) is 26.1 Å². The maximum atomic E-state index is 12.9. The number of aliphatic hydroxyl groups excluding tert-OH is 1. The van der Waals surface area contributed by atoms with E-state index in [1.54, 1.807) is 36.9 Å². The number of fused-ring (bicyclic) bond motifs is 1. The molecule has 1 saturated carbocycles. The van der Waals surface area contributed by atoms with Crippen LogP contribution in [0.15, 0.2) is 36.9 Å². The van der Waals surface area contributed by atoms with Gasteiger partial charge in [-0.25, -0.2) is 15.0 Å². The first-order valence-corrected chi connectivity index (χ1v) is 11.1. The van der Waals surface area contributed by atoms with Gasteiger partial charge in [-0.05, 0) is 36.0 Å². The molecular formula is C22H23ClN8O2. The van der Waals surface area contributed by atoms with Gasteiger partial charge < -0.3 is 20.6 Å². The van der Waals surface area contributed by atoms with Crippen LogP contribution in [0.4, 0.5) is 11.8 Å². The summed E-state index contributed by atoms with van der Waals surface area (Å²) in [4.78, 5) is 36.6. The van der Waals surface area contributed by atoms with Crippen LogP contribution in [0, 0.1) is 11.8 Å². The Labute approximate surface area is 195 Å². The van der Waals surface area contributed by atoms with Crippen molar-refractivity contribution in [1.29, 1.82) is 0 Å². The Morgan fingerprint density at radius 2 is 1.91 bits per heavy atom. The van der Waals surface area contributed by atoms with Crippen LogP contribution in [0.1, 0.15) is 33.9 Å². The fourth-order valence-corrected chi connectivity index (χ4v) is 4.22. The van der Waals surface area contributed by atoms with Crippen molar-refractivity contribution in [3.05, 3.63) is 64.6 Å². The average Bonchev–Trinajstić information content (AvgIpc) is 3.46. The Balaban J connectivity index is 1.35. The van der Waals surface area contributed by atoms with Gasteiger partial charge in [0.05, 0.1) is 23.9 Å². The predicted molar refractivity (Wildman–Crippen MR) is 122 cm³/mol. The van der Waals surface area contributed by atoms with E-state index in [-0.39, 0.29) is 19.1 Å². The molecule has 2 fully saturated rings. The van der Waals surface area contributed by atoms with Gasteiger partial charge in [-0.2, -0.15) is 4.98 Å². The number of carbonyl (C=O) groups is 1. The summed E-state index contributed by atoms with van der Waals surface area (Å²) in [5, 5.41) is 15.7. The lowest BCUT2D eigenvalue weighted by atomic mass is 10.2. The number of nitrogens with zero attached hydrogens (tertiary/aromatic N) is 6. The number of hydrogen-bond acceptors (Lipinski definition) is 9. The summed E-state index contributed by atoms with van der Waals surface area (Å²) in [7, 11) is 0. The van der Waals surface area contributed by atoms with Crippen molar-refractivity contribution < 1.29 is 9.90 Å². The number of carbonyl (C=O) groups excluding carboxylic acids is 1. The predicted octanol–water partition coefficient (Wildman–Crippen LogP) is 1.81. The van der Waals surface area contributed by atoms with E-state index < -0.39 is 0 Å². The largest absolute Gasteiger partial charge is 0.390 e. The highest BCUT2D eigenvalue weighted by molar-refractivity contribution is 6.31. The van der Waals surface area contributed by atoms with Crippen LogP contribution in [0.2, 0.25) is 5.02 Å². The third-order valence-electron chi connectivity index (χ3n) is 5.89.